The standard InChI is InChI=1S/C17H24BrClN2/c18-12-8-9-17(14(19)11-12)21-16-7-2-1-5-13(16)15-6-3-4-10-20-15/h8-9,11,13,15-16,20-21H,1-7,10H2. The zero-order valence-corrected chi connectivity index (χ0v) is 14.7. The third-order valence-electron chi connectivity index (χ3n) is 4.96. The Balaban J connectivity index is 1.71. The molecule has 1 saturated heterocycles. The number of piperidine rings is 1. The third-order valence-corrected chi connectivity index (χ3v) is 5.76. The van der Waals surface area contributed by atoms with Crippen LogP contribution < -0.4 is 10.6 Å². The molecule has 3 atom stereocenters. The van der Waals surface area contributed by atoms with Gasteiger partial charge in [-0.2, -0.15) is 0 Å². The SMILES string of the molecule is Clc1cc(Br)ccc1NC1CCCCC1C1CCCCN1. The maximum atomic E-state index is 6.37. The molecule has 1 aliphatic carbocycles. The van der Waals surface area contributed by atoms with E-state index in [-0.39, 0.29) is 0 Å². The summed E-state index contributed by atoms with van der Waals surface area (Å²) in [6.45, 7) is 1.19. The molecular formula is C17H24BrClN2. The monoisotopic (exact) mass is 370 g/mol. The van der Waals surface area contributed by atoms with Crippen LogP contribution in [-0.2, 0) is 0 Å². The van der Waals surface area contributed by atoms with Crippen molar-refractivity contribution in [2.24, 2.45) is 5.92 Å². The molecule has 2 fully saturated rings. The maximum absolute atomic E-state index is 6.37. The summed E-state index contributed by atoms with van der Waals surface area (Å²) in [5, 5.41) is 8.29. The van der Waals surface area contributed by atoms with Crippen LogP contribution in [0.4, 0.5) is 5.69 Å². The molecule has 4 heteroatoms. The van der Waals surface area contributed by atoms with E-state index in [9.17, 15) is 0 Å². The average Bonchev–Trinajstić information content (AvgIpc) is 2.51. The Labute approximate surface area is 141 Å². The second-order valence-corrected chi connectivity index (χ2v) is 7.70. The maximum Gasteiger partial charge on any atom is 0.0648 e. The Kier molecular flexibility index (Phi) is 5.47. The van der Waals surface area contributed by atoms with Crippen LogP contribution in [0, 0.1) is 5.92 Å². The second kappa shape index (κ2) is 7.34. The molecular weight excluding hydrogens is 348 g/mol. The molecule has 1 aromatic rings. The summed E-state index contributed by atoms with van der Waals surface area (Å²) in [5.74, 6) is 0.735. The van der Waals surface area contributed by atoms with Gasteiger partial charge in [0.2, 0.25) is 0 Å². The third kappa shape index (κ3) is 3.94. The second-order valence-electron chi connectivity index (χ2n) is 6.38. The van der Waals surface area contributed by atoms with Crippen LogP contribution in [0.5, 0.6) is 0 Å². The van der Waals surface area contributed by atoms with Crippen LogP contribution in [0.2, 0.25) is 5.02 Å². The molecule has 1 saturated carbocycles. The van der Waals surface area contributed by atoms with Gasteiger partial charge in [0.15, 0.2) is 0 Å². The molecule has 3 unspecified atom stereocenters. The summed E-state index contributed by atoms with van der Waals surface area (Å²) in [7, 11) is 0. The highest BCUT2D eigenvalue weighted by atomic mass is 79.9. The number of hydrogen-bond donors (Lipinski definition) is 2. The lowest BCUT2D eigenvalue weighted by atomic mass is 9.77. The van der Waals surface area contributed by atoms with E-state index in [1.165, 1.54) is 51.5 Å². The van der Waals surface area contributed by atoms with Gasteiger partial charge in [-0.25, -0.2) is 0 Å². The van der Waals surface area contributed by atoms with Gasteiger partial charge < -0.3 is 10.6 Å². The quantitative estimate of drug-likeness (QED) is 0.761. The average molecular weight is 372 g/mol. The zero-order valence-electron chi connectivity index (χ0n) is 12.4. The fraction of sp³-hybridized carbons (Fsp3) is 0.647. The Bertz CT molecular complexity index is 474. The highest BCUT2D eigenvalue weighted by Crippen LogP contribution is 2.34. The molecule has 1 heterocycles. The molecule has 0 radical (unpaired) electrons. The Morgan fingerprint density at radius 1 is 1.10 bits per heavy atom. The van der Waals surface area contributed by atoms with Crippen LogP contribution >= 0.6 is 27.5 Å². The lowest BCUT2D eigenvalue weighted by molar-refractivity contribution is 0.217. The Morgan fingerprint density at radius 2 is 1.90 bits per heavy atom. The molecule has 2 N–H and O–H groups in total. The highest BCUT2D eigenvalue weighted by molar-refractivity contribution is 9.10. The summed E-state index contributed by atoms with van der Waals surface area (Å²) >= 11 is 9.85. The number of nitrogens with one attached hydrogen (secondary N) is 2. The van der Waals surface area contributed by atoms with Crippen molar-refractivity contribution in [3.05, 3.63) is 27.7 Å². The first-order chi connectivity index (χ1) is 10.2. The van der Waals surface area contributed by atoms with Gasteiger partial charge in [-0.3, -0.25) is 0 Å². The Morgan fingerprint density at radius 3 is 2.67 bits per heavy atom. The smallest absolute Gasteiger partial charge is 0.0648 e. The molecule has 1 aromatic carbocycles. The number of rotatable bonds is 3. The largest absolute Gasteiger partial charge is 0.381 e. The van der Waals surface area contributed by atoms with Crippen molar-refractivity contribution in [3.63, 3.8) is 0 Å². The highest BCUT2D eigenvalue weighted by Gasteiger charge is 2.32. The molecule has 2 nitrogen and oxygen atoms in total. The molecule has 116 valence electrons. The van der Waals surface area contributed by atoms with Crippen molar-refractivity contribution >= 4 is 33.2 Å². The van der Waals surface area contributed by atoms with Crippen LogP contribution in [0.15, 0.2) is 22.7 Å². The van der Waals surface area contributed by atoms with E-state index in [1.807, 2.05) is 6.07 Å². The minimum atomic E-state index is 0.549. The summed E-state index contributed by atoms with van der Waals surface area (Å²) in [6.07, 6.45) is 9.33. The Hall–Kier alpha value is -0.250. The predicted octanol–water partition coefficient (Wildman–Crippen LogP) is 5.22. The summed E-state index contributed by atoms with van der Waals surface area (Å²) in [5.41, 5.74) is 1.08. The number of halogens is 2. The van der Waals surface area contributed by atoms with Gasteiger partial charge in [-0.15, -0.1) is 0 Å². The van der Waals surface area contributed by atoms with Gasteiger partial charge in [0.05, 0.1) is 10.7 Å². The van der Waals surface area contributed by atoms with E-state index in [4.69, 9.17) is 11.6 Å². The first kappa shape index (κ1) is 15.6. The molecule has 0 spiro atoms. The van der Waals surface area contributed by atoms with Gasteiger partial charge in [0, 0.05) is 16.6 Å². The molecule has 0 aromatic heterocycles. The molecule has 0 amide bonds. The van der Waals surface area contributed by atoms with Crippen molar-refractivity contribution in [1.82, 2.24) is 5.32 Å². The minimum Gasteiger partial charge on any atom is -0.381 e. The number of anilines is 1. The van der Waals surface area contributed by atoms with Crippen molar-refractivity contribution in [2.75, 3.05) is 11.9 Å². The van der Waals surface area contributed by atoms with Crippen LogP contribution in [0.3, 0.4) is 0 Å². The summed E-state index contributed by atoms with van der Waals surface area (Å²) in [4.78, 5) is 0. The van der Waals surface area contributed by atoms with Crippen LogP contribution in [0.1, 0.15) is 44.9 Å². The molecule has 3 rings (SSSR count). The first-order valence-electron chi connectivity index (χ1n) is 8.19. The van der Waals surface area contributed by atoms with Crippen LogP contribution in [-0.4, -0.2) is 18.6 Å². The topological polar surface area (TPSA) is 24.1 Å². The zero-order chi connectivity index (χ0) is 14.7. The predicted molar refractivity (Wildman–Crippen MR) is 94.2 cm³/mol. The van der Waals surface area contributed by atoms with Crippen LogP contribution in [0.25, 0.3) is 0 Å². The van der Waals surface area contributed by atoms with Gasteiger partial charge in [-0.05, 0) is 56.3 Å². The summed E-state index contributed by atoms with van der Waals surface area (Å²) in [6, 6.07) is 7.36. The van der Waals surface area contributed by atoms with E-state index < -0.39 is 0 Å². The van der Waals surface area contributed by atoms with E-state index in [1.54, 1.807) is 0 Å². The van der Waals surface area contributed by atoms with Crippen molar-refractivity contribution in [2.45, 2.75) is 57.0 Å². The molecule has 2 aliphatic rings. The van der Waals surface area contributed by atoms with Gasteiger partial charge >= 0.3 is 0 Å². The normalized spacial score (nSPS) is 30.1. The lowest BCUT2D eigenvalue weighted by Crippen LogP contribution is -2.48. The lowest BCUT2D eigenvalue weighted by Gasteiger charge is -2.40. The van der Waals surface area contributed by atoms with Gasteiger partial charge in [-0.1, -0.05) is 46.8 Å². The first-order valence-corrected chi connectivity index (χ1v) is 9.36. The van der Waals surface area contributed by atoms with Gasteiger partial charge in [0.25, 0.3) is 0 Å². The number of benzene rings is 1. The van der Waals surface area contributed by atoms with E-state index >= 15 is 0 Å². The van der Waals surface area contributed by atoms with Crippen molar-refractivity contribution in [1.29, 1.82) is 0 Å². The van der Waals surface area contributed by atoms with Crippen molar-refractivity contribution in [3.8, 4) is 0 Å². The minimum absolute atomic E-state index is 0.549. The van der Waals surface area contributed by atoms with E-state index in [2.05, 4.69) is 38.7 Å². The molecule has 0 bridgehead atoms. The van der Waals surface area contributed by atoms with E-state index in [0.717, 1.165) is 21.1 Å². The molecule has 21 heavy (non-hydrogen) atoms. The van der Waals surface area contributed by atoms with Crippen molar-refractivity contribution < 1.29 is 0 Å². The van der Waals surface area contributed by atoms with Gasteiger partial charge in [0.1, 0.15) is 0 Å². The summed E-state index contributed by atoms with van der Waals surface area (Å²) < 4.78 is 1.03. The number of hydrogen-bond acceptors (Lipinski definition) is 2. The van der Waals surface area contributed by atoms with E-state index in [0.29, 0.717) is 12.1 Å². The fourth-order valence-corrected chi connectivity index (χ4v) is 4.60. The fourth-order valence-electron chi connectivity index (χ4n) is 3.87. The molecule has 1 aliphatic heterocycles.